The molecule has 1 aromatic carbocycles. The quantitative estimate of drug-likeness (QED) is 0.578. The number of carbonyl (C=O) groups excluding carboxylic acids is 1. The molecule has 3 atom stereocenters. The fourth-order valence-corrected chi connectivity index (χ4v) is 6.17. The van der Waals surface area contributed by atoms with E-state index in [9.17, 15) is 18.3 Å². The van der Waals surface area contributed by atoms with Crippen molar-refractivity contribution < 1.29 is 32.5 Å². The van der Waals surface area contributed by atoms with Crippen molar-refractivity contribution in [1.29, 1.82) is 0 Å². The van der Waals surface area contributed by atoms with Crippen molar-refractivity contribution in [2.45, 2.75) is 43.7 Å². The first-order valence-electron chi connectivity index (χ1n) is 11.9. The van der Waals surface area contributed by atoms with Crippen LogP contribution in [0.4, 0.5) is 0 Å². The number of hydrogen-bond donors (Lipinski definition) is 1. The molecule has 0 saturated carbocycles. The summed E-state index contributed by atoms with van der Waals surface area (Å²) >= 11 is 0. The summed E-state index contributed by atoms with van der Waals surface area (Å²) in [5.74, 6) is 5.71. The number of carbonyl (C=O) groups is 1. The van der Waals surface area contributed by atoms with Crippen molar-refractivity contribution >= 4 is 15.9 Å². The first kappa shape index (κ1) is 27.4. The third-order valence-electron chi connectivity index (χ3n) is 6.52. The lowest BCUT2D eigenvalue weighted by Crippen LogP contribution is -2.50. The van der Waals surface area contributed by atoms with Crippen molar-refractivity contribution in [2.24, 2.45) is 11.8 Å². The second-order valence-corrected chi connectivity index (χ2v) is 11.1. The van der Waals surface area contributed by atoms with E-state index in [2.05, 4.69) is 11.8 Å². The predicted molar refractivity (Wildman–Crippen MR) is 130 cm³/mol. The molecule has 1 N–H and O–H groups in total. The third-order valence-corrected chi connectivity index (χ3v) is 8.54. The van der Waals surface area contributed by atoms with E-state index in [4.69, 9.17) is 14.2 Å². The fraction of sp³-hybridized carbons (Fsp3) is 0.640. The summed E-state index contributed by atoms with van der Waals surface area (Å²) in [6.07, 6.45) is 0.918. The molecule has 1 saturated heterocycles. The SMILES string of the molecule is COCC#Cc1ccc2c(c1)O[C@H](CN(C)C(=O)C1CCOCC1)[C@H](C)CN([C@@H](C)CO)S2(=O)=O. The molecule has 1 aromatic rings. The zero-order chi connectivity index (χ0) is 25.6. The molecule has 0 unspecified atom stereocenters. The monoisotopic (exact) mass is 508 g/mol. The first-order valence-corrected chi connectivity index (χ1v) is 13.4. The molecule has 2 aliphatic rings. The van der Waals surface area contributed by atoms with Crippen LogP contribution in [0, 0.1) is 23.7 Å². The fourth-order valence-electron chi connectivity index (χ4n) is 4.35. The minimum Gasteiger partial charge on any atom is -0.487 e. The highest BCUT2D eigenvalue weighted by atomic mass is 32.2. The van der Waals surface area contributed by atoms with Gasteiger partial charge in [-0.05, 0) is 38.0 Å². The zero-order valence-electron chi connectivity index (χ0n) is 20.9. The molecular formula is C25H36N2O7S. The van der Waals surface area contributed by atoms with E-state index in [1.54, 1.807) is 38.1 Å². The van der Waals surface area contributed by atoms with E-state index in [1.165, 1.54) is 10.4 Å². The van der Waals surface area contributed by atoms with Crippen LogP contribution < -0.4 is 4.74 Å². The van der Waals surface area contributed by atoms with Crippen LogP contribution in [0.3, 0.4) is 0 Å². The van der Waals surface area contributed by atoms with Crippen LogP contribution in [0.5, 0.6) is 5.75 Å². The lowest BCUT2D eigenvalue weighted by molar-refractivity contribution is -0.138. The Labute approximate surface area is 208 Å². The molecule has 0 aromatic heterocycles. The molecule has 35 heavy (non-hydrogen) atoms. The molecule has 3 rings (SSSR count). The number of rotatable bonds is 6. The summed E-state index contributed by atoms with van der Waals surface area (Å²) in [4.78, 5) is 14.7. The van der Waals surface area contributed by atoms with Crippen molar-refractivity contribution in [3.05, 3.63) is 23.8 Å². The lowest BCUT2D eigenvalue weighted by Gasteiger charge is -2.38. The Morgan fingerprint density at radius 2 is 2.06 bits per heavy atom. The van der Waals surface area contributed by atoms with Gasteiger partial charge in [-0.25, -0.2) is 8.42 Å². The summed E-state index contributed by atoms with van der Waals surface area (Å²) in [5.41, 5.74) is 0.594. The second-order valence-electron chi connectivity index (χ2n) is 9.24. The number of nitrogens with zero attached hydrogens (tertiary/aromatic N) is 2. The van der Waals surface area contributed by atoms with E-state index in [1.807, 2.05) is 6.92 Å². The lowest BCUT2D eigenvalue weighted by atomic mass is 9.97. The number of ether oxygens (including phenoxy) is 3. The smallest absolute Gasteiger partial charge is 0.247 e. The van der Waals surface area contributed by atoms with E-state index >= 15 is 0 Å². The van der Waals surface area contributed by atoms with Crippen LogP contribution in [0.25, 0.3) is 0 Å². The standard InChI is InChI=1S/C25H36N2O7S/c1-18-15-27(19(2)17-28)35(30,31)24-8-7-20(6-5-11-32-4)14-22(24)34-23(18)16-26(3)25(29)21-9-12-33-13-10-21/h7-8,14,18-19,21,23,28H,9-13,15-17H2,1-4H3/t18-,19+,23-/m1/s1. The van der Waals surface area contributed by atoms with Crippen LogP contribution in [0.15, 0.2) is 23.1 Å². The van der Waals surface area contributed by atoms with Gasteiger partial charge in [-0.3, -0.25) is 4.79 Å². The van der Waals surface area contributed by atoms with Crippen LogP contribution in [0.1, 0.15) is 32.3 Å². The van der Waals surface area contributed by atoms with Gasteiger partial charge in [0, 0.05) is 57.4 Å². The Morgan fingerprint density at radius 3 is 2.71 bits per heavy atom. The Morgan fingerprint density at radius 1 is 1.34 bits per heavy atom. The molecule has 0 bridgehead atoms. The number of sulfonamides is 1. The third kappa shape index (κ3) is 6.54. The van der Waals surface area contributed by atoms with Gasteiger partial charge in [-0.1, -0.05) is 18.8 Å². The molecule has 0 radical (unpaired) electrons. The van der Waals surface area contributed by atoms with E-state index < -0.39 is 22.2 Å². The second kappa shape index (κ2) is 12.2. The number of aliphatic hydroxyl groups is 1. The Bertz CT molecular complexity index is 1040. The van der Waals surface area contributed by atoms with Gasteiger partial charge in [-0.15, -0.1) is 0 Å². The van der Waals surface area contributed by atoms with Crippen LogP contribution in [-0.2, 0) is 24.3 Å². The number of hydrogen-bond acceptors (Lipinski definition) is 7. The maximum atomic E-state index is 13.5. The average Bonchev–Trinajstić information content (AvgIpc) is 2.85. The molecule has 9 nitrogen and oxygen atoms in total. The predicted octanol–water partition coefficient (Wildman–Crippen LogP) is 1.34. The first-order chi connectivity index (χ1) is 16.7. The molecule has 1 amide bonds. The minimum absolute atomic E-state index is 0.0189. The Kier molecular flexibility index (Phi) is 9.55. The van der Waals surface area contributed by atoms with Gasteiger partial charge in [0.15, 0.2) is 0 Å². The molecule has 1 fully saturated rings. The highest BCUT2D eigenvalue weighted by Crippen LogP contribution is 2.34. The number of methoxy groups -OCH3 is 1. The molecule has 10 heteroatoms. The van der Waals surface area contributed by atoms with Crippen molar-refractivity contribution in [3.63, 3.8) is 0 Å². The summed E-state index contributed by atoms with van der Waals surface area (Å²) in [6.45, 7) is 5.12. The molecular weight excluding hydrogens is 472 g/mol. The molecule has 194 valence electrons. The molecule has 2 aliphatic heterocycles. The maximum Gasteiger partial charge on any atom is 0.247 e. The van der Waals surface area contributed by atoms with Gasteiger partial charge >= 0.3 is 0 Å². The number of benzene rings is 1. The van der Waals surface area contributed by atoms with Gasteiger partial charge in [0.1, 0.15) is 23.4 Å². The van der Waals surface area contributed by atoms with E-state index in [0.717, 1.165) is 0 Å². The van der Waals surface area contributed by atoms with E-state index in [-0.39, 0.29) is 48.1 Å². The molecule has 0 aliphatic carbocycles. The number of likely N-dealkylation sites (N-methyl/N-ethyl adjacent to an activating group) is 1. The summed E-state index contributed by atoms with van der Waals surface area (Å²) in [6, 6.07) is 4.12. The van der Waals surface area contributed by atoms with Crippen molar-refractivity contribution in [1.82, 2.24) is 9.21 Å². The van der Waals surface area contributed by atoms with Gasteiger partial charge in [-0.2, -0.15) is 4.31 Å². The van der Waals surface area contributed by atoms with Crippen LogP contribution in [0.2, 0.25) is 0 Å². The van der Waals surface area contributed by atoms with Gasteiger partial charge in [0.2, 0.25) is 15.9 Å². The average molecular weight is 509 g/mol. The minimum atomic E-state index is -3.93. The highest BCUT2D eigenvalue weighted by Gasteiger charge is 2.38. The van der Waals surface area contributed by atoms with Crippen molar-refractivity contribution in [3.8, 4) is 17.6 Å². The van der Waals surface area contributed by atoms with Crippen LogP contribution in [-0.4, -0.2) is 94.5 Å². The zero-order valence-corrected chi connectivity index (χ0v) is 21.7. The largest absolute Gasteiger partial charge is 0.487 e. The highest BCUT2D eigenvalue weighted by molar-refractivity contribution is 7.89. The molecule has 0 spiro atoms. The number of amides is 1. The van der Waals surface area contributed by atoms with Gasteiger partial charge in [0.05, 0.1) is 13.2 Å². The Balaban J connectivity index is 1.96. The van der Waals surface area contributed by atoms with Gasteiger partial charge < -0.3 is 24.2 Å². The normalized spacial score (nSPS) is 23.6. The molecule has 2 heterocycles. The number of fused-ring (bicyclic) bond motifs is 1. The summed E-state index contributed by atoms with van der Waals surface area (Å²) in [5, 5.41) is 9.78. The summed E-state index contributed by atoms with van der Waals surface area (Å²) in [7, 11) is -0.631. The number of aliphatic hydroxyl groups excluding tert-OH is 1. The Hall–Kier alpha value is -2.16. The van der Waals surface area contributed by atoms with E-state index in [0.29, 0.717) is 38.2 Å². The summed E-state index contributed by atoms with van der Waals surface area (Å²) < 4.78 is 45.1. The van der Waals surface area contributed by atoms with Crippen molar-refractivity contribution in [2.75, 3.05) is 53.7 Å². The topological polar surface area (TPSA) is 106 Å². The maximum absolute atomic E-state index is 13.5. The van der Waals surface area contributed by atoms with Gasteiger partial charge in [0.25, 0.3) is 0 Å². The van der Waals surface area contributed by atoms with Crippen LogP contribution >= 0.6 is 0 Å².